The minimum Gasteiger partial charge on any atom is -0.464 e. The summed E-state index contributed by atoms with van der Waals surface area (Å²) in [5.41, 5.74) is 6.78. The van der Waals surface area contributed by atoms with Gasteiger partial charge in [-0.2, -0.15) is 20.1 Å². The zero-order chi connectivity index (χ0) is 17.3. The van der Waals surface area contributed by atoms with Crippen molar-refractivity contribution in [2.45, 2.75) is 6.54 Å². The molecular formula is C15H17N7O2. The molecule has 9 heteroatoms. The molecule has 0 saturated carbocycles. The Labute approximate surface area is 138 Å². The van der Waals surface area contributed by atoms with Crippen molar-refractivity contribution in [3.63, 3.8) is 0 Å². The van der Waals surface area contributed by atoms with Crippen molar-refractivity contribution >= 4 is 28.8 Å². The Bertz CT molecular complexity index is 904. The minimum atomic E-state index is -0.492. The van der Waals surface area contributed by atoms with E-state index < -0.39 is 5.97 Å². The minimum absolute atomic E-state index is 0.133. The number of carbonyl (C=O) groups is 1. The summed E-state index contributed by atoms with van der Waals surface area (Å²) in [4.78, 5) is 26.2. The van der Waals surface area contributed by atoms with Gasteiger partial charge in [0, 0.05) is 19.5 Å². The molecule has 124 valence electrons. The first-order chi connectivity index (χ1) is 11.5. The third-order valence-electron chi connectivity index (χ3n) is 3.42. The number of hydrogen-bond acceptors (Lipinski definition) is 8. The number of ether oxygens (including phenoxy) is 1. The van der Waals surface area contributed by atoms with Crippen LogP contribution in [0.2, 0.25) is 0 Å². The number of nitrogens with zero attached hydrogens (tertiary/aromatic N) is 6. The zero-order valence-corrected chi connectivity index (χ0v) is 13.6. The van der Waals surface area contributed by atoms with Crippen molar-refractivity contribution in [2.75, 3.05) is 31.8 Å². The first-order valence-corrected chi connectivity index (χ1v) is 7.21. The topological polar surface area (TPSA) is 112 Å². The molecule has 1 aromatic carbocycles. The van der Waals surface area contributed by atoms with E-state index in [-0.39, 0.29) is 18.2 Å². The van der Waals surface area contributed by atoms with E-state index >= 15 is 0 Å². The maximum absolute atomic E-state index is 11.9. The molecule has 2 heterocycles. The van der Waals surface area contributed by atoms with Gasteiger partial charge in [-0.3, -0.25) is 4.68 Å². The van der Waals surface area contributed by atoms with Gasteiger partial charge in [0.2, 0.25) is 11.9 Å². The van der Waals surface area contributed by atoms with Gasteiger partial charge in [-0.15, -0.1) is 0 Å². The van der Waals surface area contributed by atoms with Gasteiger partial charge in [0.05, 0.1) is 12.6 Å². The molecule has 9 nitrogen and oxygen atoms in total. The first kappa shape index (κ1) is 15.7. The van der Waals surface area contributed by atoms with Crippen molar-refractivity contribution in [2.24, 2.45) is 0 Å². The Hall–Kier alpha value is -3.23. The van der Waals surface area contributed by atoms with E-state index in [0.29, 0.717) is 17.2 Å². The second-order valence-electron chi connectivity index (χ2n) is 5.32. The SMILES string of the molecule is COC(=O)c1nn(Cc2nc(N)nc(N(C)C)n2)c2ccccc12. The Morgan fingerprint density at radius 2 is 2.00 bits per heavy atom. The molecule has 0 aliphatic carbocycles. The lowest BCUT2D eigenvalue weighted by molar-refractivity contribution is 0.0595. The summed E-state index contributed by atoms with van der Waals surface area (Å²) >= 11 is 0. The smallest absolute Gasteiger partial charge is 0.359 e. The number of carbonyl (C=O) groups excluding carboxylic acids is 1. The van der Waals surface area contributed by atoms with E-state index in [1.165, 1.54) is 7.11 Å². The molecule has 2 N–H and O–H groups in total. The largest absolute Gasteiger partial charge is 0.464 e. The highest BCUT2D eigenvalue weighted by atomic mass is 16.5. The van der Waals surface area contributed by atoms with E-state index in [4.69, 9.17) is 10.5 Å². The lowest BCUT2D eigenvalue weighted by atomic mass is 10.2. The average Bonchev–Trinajstić information content (AvgIpc) is 2.92. The maximum atomic E-state index is 11.9. The molecule has 0 fully saturated rings. The molecule has 0 unspecified atom stereocenters. The highest BCUT2D eigenvalue weighted by Crippen LogP contribution is 2.20. The molecule has 3 rings (SSSR count). The summed E-state index contributed by atoms with van der Waals surface area (Å²) in [6.07, 6.45) is 0. The van der Waals surface area contributed by atoms with Crippen LogP contribution in [0.5, 0.6) is 0 Å². The van der Waals surface area contributed by atoms with Gasteiger partial charge in [-0.25, -0.2) is 4.79 Å². The van der Waals surface area contributed by atoms with E-state index in [2.05, 4.69) is 20.1 Å². The third-order valence-corrected chi connectivity index (χ3v) is 3.42. The molecule has 0 aliphatic heterocycles. The number of aromatic nitrogens is 5. The number of nitrogens with two attached hydrogens (primary N) is 1. The van der Waals surface area contributed by atoms with Crippen LogP contribution in [0.3, 0.4) is 0 Å². The van der Waals surface area contributed by atoms with Crippen molar-refractivity contribution in [1.82, 2.24) is 24.7 Å². The van der Waals surface area contributed by atoms with Gasteiger partial charge in [-0.1, -0.05) is 18.2 Å². The van der Waals surface area contributed by atoms with Gasteiger partial charge in [0.25, 0.3) is 0 Å². The van der Waals surface area contributed by atoms with Gasteiger partial charge < -0.3 is 15.4 Å². The normalized spacial score (nSPS) is 10.8. The Balaban J connectivity index is 2.06. The van der Waals surface area contributed by atoms with Gasteiger partial charge in [0.15, 0.2) is 11.5 Å². The van der Waals surface area contributed by atoms with Crippen molar-refractivity contribution < 1.29 is 9.53 Å². The Morgan fingerprint density at radius 1 is 1.25 bits per heavy atom. The number of anilines is 2. The summed E-state index contributed by atoms with van der Waals surface area (Å²) < 4.78 is 6.44. The molecule has 2 aromatic heterocycles. The molecular weight excluding hydrogens is 310 g/mol. The summed E-state index contributed by atoms with van der Waals surface area (Å²) in [5, 5.41) is 5.05. The number of rotatable bonds is 4. The maximum Gasteiger partial charge on any atom is 0.359 e. The molecule has 0 spiro atoms. The van der Waals surface area contributed by atoms with Gasteiger partial charge in [-0.05, 0) is 6.07 Å². The molecule has 0 amide bonds. The summed E-state index contributed by atoms with van der Waals surface area (Å²) in [7, 11) is 4.96. The van der Waals surface area contributed by atoms with Crippen molar-refractivity contribution in [1.29, 1.82) is 0 Å². The van der Waals surface area contributed by atoms with Gasteiger partial charge in [0.1, 0.15) is 6.54 Å². The standard InChI is InChI=1S/C15H17N7O2/c1-21(2)15-18-11(17-14(16)19-15)8-22-10-7-5-4-6-9(10)12(20-22)13(23)24-3/h4-7H,8H2,1-3H3,(H2,16,17,18,19). The lowest BCUT2D eigenvalue weighted by Crippen LogP contribution is -2.17. The fraction of sp³-hybridized carbons (Fsp3) is 0.267. The van der Waals surface area contributed by atoms with Crippen LogP contribution in [0, 0.1) is 0 Å². The molecule has 24 heavy (non-hydrogen) atoms. The Morgan fingerprint density at radius 3 is 2.71 bits per heavy atom. The number of fused-ring (bicyclic) bond motifs is 1. The number of para-hydroxylation sites is 1. The predicted octanol–water partition coefficient (Wildman–Crippen LogP) is 0.704. The van der Waals surface area contributed by atoms with Crippen LogP contribution >= 0.6 is 0 Å². The quantitative estimate of drug-likeness (QED) is 0.697. The fourth-order valence-corrected chi connectivity index (χ4v) is 2.33. The molecule has 0 saturated heterocycles. The monoisotopic (exact) mass is 327 g/mol. The number of benzene rings is 1. The second-order valence-corrected chi connectivity index (χ2v) is 5.32. The van der Waals surface area contributed by atoms with E-state index in [1.54, 1.807) is 9.58 Å². The van der Waals surface area contributed by atoms with E-state index in [0.717, 1.165) is 5.52 Å². The zero-order valence-electron chi connectivity index (χ0n) is 13.6. The van der Waals surface area contributed by atoms with E-state index in [9.17, 15) is 4.79 Å². The van der Waals surface area contributed by atoms with Crippen LogP contribution in [0.1, 0.15) is 16.3 Å². The van der Waals surface area contributed by atoms with Crippen LogP contribution in [0.4, 0.5) is 11.9 Å². The molecule has 0 aliphatic rings. The van der Waals surface area contributed by atoms with Gasteiger partial charge >= 0.3 is 5.97 Å². The molecule has 0 bridgehead atoms. The molecule has 0 radical (unpaired) electrons. The summed E-state index contributed by atoms with van der Waals surface area (Å²) in [5.74, 6) is 0.556. The lowest BCUT2D eigenvalue weighted by Gasteiger charge is -2.11. The number of hydrogen-bond donors (Lipinski definition) is 1. The molecule has 0 atom stereocenters. The van der Waals surface area contributed by atoms with Crippen molar-refractivity contribution in [3.8, 4) is 0 Å². The third kappa shape index (κ3) is 2.83. The first-order valence-electron chi connectivity index (χ1n) is 7.21. The highest BCUT2D eigenvalue weighted by Gasteiger charge is 2.18. The predicted molar refractivity (Wildman–Crippen MR) is 88.7 cm³/mol. The van der Waals surface area contributed by atoms with Crippen LogP contribution < -0.4 is 10.6 Å². The van der Waals surface area contributed by atoms with Crippen LogP contribution in [0.15, 0.2) is 24.3 Å². The highest BCUT2D eigenvalue weighted by molar-refractivity contribution is 6.02. The fourth-order valence-electron chi connectivity index (χ4n) is 2.33. The molecule has 3 aromatic rings. The van der Waals surface area contributed by atoms with Crippen LogP contribution in [0.25, 0.3) is 10.9 Å². The average molecular weight is 327 g/mol. The number of nitrogen functional groups attached to an aromatic ring is 1. The van der Waals surface area contributed by atoms with Crippen molar-refractivity contribution in [3.05, 3.63) is 35.8 Å². The number of methoxy groups -OCH3 is 1. The van der Waals surface area contributed by atoms with E-state index in [1.807, 2.05) is 38.4 Å². The van der Waals surface area contributed by atoms with Crippen LogP contribution in [-0.4, -0.2) is 51.9 Å². The summed E-state index contributed by atoms with van der Waals surface area (Å²) in [6.45, 7) is 0.255. The Kier molecular flexibility index (Phi) is 3.98. The van der Waals surface area contributed by atoms with Crippen LogP contribution in [-0.2, 0) is 11.3 Å². The number of esters is 1. The second kappa shape index (κ2) is 6.11. The summed E-state index contributed by atoms with van der Waals surface area (Å²) in [6, 6.07) is 7.39.